The topological polar surface area (TPSA) is 70.1 Å². The molecule has 5 nitrogen and oxygen atoms in total. The molecule has 1 aliphatic rings. The Labute approximate surface area is 186 Å². The van der Waals surface area contributed by atoms with Gasteiger partial charge in [0.2, 0.25) is 0 Å². The van der Waals surface area contributed by atoms with Crippen molar-refractivity contribution in [1.82, 2.24) is 9.78 Å². The van der Waals surface area contributed by atoms with Gasteiger partial charge in [-0.15, -0.1) is 0 Å². The zero-order valence-corrected chi connectivity index (χ0v) is 18.0. The Morgan fingerprint density at radius 2 is 1.56 bits per heavy atom. The Kier molecular flexibility index (Phi) is 4.86. The fourth-order valence-electron chi connectivity index (χ4n) is 4.35. The van der Waals surface area contributed by atoms with Crippen LogP contribution in [0.5, 0.6) is 5.75 Å². The van der Waals surface area contributed by atoms with Crippen LogP contribution in [0.25, 0.3) is 28.0 Å². The summed E-state index contributed by atoms with van der Waals surface area (Å²) in [6.45, 7) is 2.00. The third kappa shape index (κ3) is 3.19. The lowest BCUT2D eigenvalue weighted by atomic mass is 9.90. The lowest BCUT2D eigenvalue weighted by molar-refractivity contribution is 0.0958. The number of hydrogen-bond acceptors (Lipinski definition) is 4. The number of rotatable bonds is 4. The van der Waals surface area contributed by atoms with Crippen molar-refractivity contribution in [2.75, 3.05) is 12.8 Å². The number of aromatic nitrogens is 2. The average molecular weight is 422 g/mol. The molecule has 0 aliphatic carbocycles. The Bertz CT molecular complexity index is 1350. The molecule has 4 aromatic rings. The standard InChI is InChI=1S/C27H23N3O2/c1-17-15-22-25(18-9-5-3-6-10-18)26(19-11-7-4-8-12-19)29-30(22)27(31)24(17)20-13-14-21(28)23(16-20)32-2/h3-14,16H,15,28H2,1-2H3. The van der Waals surface area contributed by atoms with Crippen molar-refractivity contribution in [1.29, 1.82) is 0 Å². The monoisotopic (exact) mass is 421 g/mol. The minimum absolute atomic E-state index is 0.144. The second kappa shape index (κ2) is 7.85. The lowest BCUT2D eigenvalue weighted by Gasteiger charge is -2.20. The van der Waals surface area contributed by atoms with Gasteiger partial charge < -0.3 is 10.5 Å². The predicted octanol–water partition coefficient (Wildman–Crippen LogP) is 5.48. The van der Waals surface area contributed by atoms with Gasteiger partial charge in [0.15, 0.2) is 0 Å². The number of carbonyl (C=O) groups is 1. The maximum absolute atomic E-state index is 13.7. The molecule has 2 heterocycles. The Hall–Kier alpha value is -4.12. The summed E-state index contributed by atoms with van der Waals surface area (Å²) in [5.41, 5.74) is 13.7. The van der Waals surface area contributed by atoms with Crippen molar-refractivity contribution in [3.63, 3.8) is 0 Å². The van der Waals surface area contributed by atoms with Crippen LogP contribution in [0, 0.1) is 0 Å². The van der Waals surface area contributed by atoms with Gasteiger partial charge in [-0.2, -0.15) is 9.78 Å². The minimum Gasteiger partial charge on any atom is -0.495 e. The predicted molar refractivity (Wildman–Crippen MR) is 127 cm³/mol. The van der Waals surface area contributed by atoms with Crippen molar-refractivity contribution in [2.45, 2.75) is 13.3 Å². The molecule has 1 aliphatic heterocycles. The third-order valence-corrected chi connectivity index (χ3v) is 5.88. The smallest absolute Gasteiger partial charge is 0.279 e. The first-order valence-corrected chi connectivity index (χ1v) is 10.5. The fraction of sp³-hybridized carbons (Fsp3) is 0.111. The number of hydrogen-bond donors (Lipinski definition) is 1. The Balaban J connectivity index is 1.70. The molecule has 1 aromatic heterocycles. The molecule has 0 saturated carbocycles. The summed E-state index contributed by atoms with van der Waals surface area (Å²) in [6, 6.07) is 25.6. The minimum atomic E-state index is -0.144. The number of anilines is 1. The molecule has 0 radical (unpaired) electrons. The van der Waals surface area contributed by atoms with Crippen LogP contribution in [0.3, 0.4) is 0 Å². The Morgan fingerprint density at radius 3 is 2.22 bits per heavy atom. The van der Waals surface area contributed by atoms with Crippen LogP contribution < -0.4 is 10.5 Å². The quantitative estimate of drug-likeness (QED) is 0.443. The molecule has 2 N–H and O–H groups in total. The largest absolute Gasteiger partial charge is 0.495 e. The number of nitrogens with two attached hydrogens (primary N) is 1. The number of fused-ring (bicyclic) bond motifs is 1. The first-order chi connectivity index (χ1) is 15.6. The van der Waals surface area contributed by atoms with E-state index in [4.69, 9.17) is 15.6 Å². The van der Waals surface area contributed by atoms with Crippen molar-refractivity contribution in [3.05, 3.63) is 95.7 Å². The molecular weight excluding hydrogens is 398 g/mol. The number of ether oxygens (including phenoxy) is 1. The molecular formula is C27H23N3O2. The molecule has 5 heteroatoms. The lowest BCUT2D eigenvalue weighted by Crippen LogP contribution is -2.23. The molecule has 0 bridgehead atoms. The van der Waals surface area contributed by atoms with E-state index in [9.17, 15) is 4.79 Å². The summed E-state index contributed by atoms with van der Waals surface area (Å²) in [5, 5.41) is 4.83. The third-order valence-electron chi connectivity index (χ3n) is 5.88. The summed E-state index contributed by atoms with van der Waals surface area (Å²) in [4.78, 5) is 13.7. The summed E-state index contributed by atoms with van der Waals surface area (Å²) >= 11 is 0. The van der Waals surface area contributed by atoms with Crippen LogP contribution in [0.4, 0.5) is 5.69 Å². The number of methoxy groups -OCH3 is 1. The van der Waals surface area contributed by atoms with E-state index >= 15 is 0 Å². The number of benzene rings is 3. The molecule has 0 atom stereocenters. The molecule has 3 aromatic carbocycles. The van der Waals surface area contributed by atoms with Gasteiger partial charge in [-0.3, -0.25) is 4.79 Å². The first-order valence-electron chi connectivity index (χ1n) is 10.5. The van der Waals surface area contributed by atoms with E-state index in [1.165, 1.54) is 0 Å². The Morgan fingerprint density at radius 1 is 0.906 bits per heavy atom. The summed E-state index contributed by atoms with van der Waals surface area (Å²) in [6.07, 6.45) is 0.623. The highest BCUT2D eigenvalue weighted by molar-refractivity contribution is 6.23. The molecule has 0 amide bonds. The van der Waals surface area contributed by atoms with E-state index in [-0.39, 0.29) is 5.91 Å². The highest BCUT2D eigenvalue weighted by Crippen LogP contribution is 2.40. The number of nitrogens with zero attached hydrogens (tertiary/aromatic N) is 2. The maximum atomic E-state index is 13.7. The second-order valence-electron chi connectivity index (χ2n) is 7.91. The molecule has 0 saturated heterocycles. The van der Waals surface area contributed by atoms with Gasteiger partial charge in [0.05, 0.1) is 18.5 Å². The van der Waals surface area contributed by atoms with Gasteiger partial charge in [-0.25, -0.2) is 0 Å². The van der Waals surface area contributed by atoms with E-state index in [1.54, 1.807) is 17.9 Å². The highest BCUT2D eigenvalue weighted by atomic mass is 16.5. The molecule has 0 fully saturated rings. The molecule has 32 heavy (non-hydrogen) atoms. The first kappa shape index (κ1) is 19.8. The summed E-state index contributed by atoms with van der Waals surface area (Å²) < 4.78 is 6.94. The normalized spacial score (nSPS) is 13.2. The van der Waals surface area contributed by atoms with E-state index in [0.29, 0.717) is 23.4 Å². The SMILES string of the molecule is COc1cc(C2=C(C)Cc3c(-c4ccccc4)c(-c4ccccc4)nn3C2=O)ccc1N. The molecule has 0 unspecified atom stereocenters. The van der Waals surface area contributed by atoms with E-state index in [0.717, 1.165) is 39.2 Å². The van der Waals surface area contributed by atoms with Gasteiger partial charge in [-0.05, 0) is 30.2 Å². The van der Waals surface area contributed by atoms with Crippen LogP contribution in [0.15, 0.2) is 84.4 Å². The van der Waals surface area contributed by atoms with E-state index < -0.39 is 0 Å². The molecule has 0 spiro atoms. The zero-order valence-electron chi connectivity index (χ0n) is 18.0. The van der Waals surface area contributed by atoms with Crippen LogP contribution in [-0.2, 0) is 6.42 Å². The number of allylic oxidation sites excluding steroid dienone is 2. The zero-order chi connectivity index (χ0) is 22.2. The van der Waals surface area contributed by atoms with E-state index in [2.05, 4.69) is 12.1 Å². The number of nitrogen functional groups attached to an aromatic ring is 1. The second-order valence-corrected chi connectivity index (χ2v) is 7.91. The highest BCUT2D eigenvalue weighted by Gasteiger charge is 2.31. The van der Waals surface area contributed by atoms with Crippen molar-refractivity contribution in [2.24, 2.45) is 0 Å². The van der Waals surface area contributed by atoms with Gasteiger partial charge in [0.25, 0.3) is 5.91 Å². The van der Waals surface area contributed by atoms with Gasteiger partial charge in [0, 0.05) is 23.1 Å². The fourth-order valence-corrected chi connectivity index (χ4v) is 4.35. The van der Waals surface area contributed by atoms with Crippen molar-refractivity contribution < 1.29 is 9.53 Å². The van der Waals surface area contributed by atoms with Gasteiger partial charge in [-0.1, -0.05) is 72.3 Å². The van der Waals surface area contributed by atoms with Crippen LogP contribution >= 0.6 is 0 Å². The van der Waals surface area contributed by atoms with E-state index in [1.807, 2.05) is 67.6 Å². The van der Waals surface area contributed by atoms with Gasteiger partial charge >= 0.3 is 0 Å². The summed E-state index contributed by atoms with van der Waals surface area (Å²) in [7, 11) is 1.57. The number of carbonyl (C=O) groups excluding carboxylic acids is 1. The van der Waals surface area contributed by atoms with Crippen molar-refractivity contribution in [3.8, 4) is 28.1 Å². The van der Waals surface area contributed by atoms with Crippen LogP contribution in [0.1, 0.15) is 23.0 Å². The average Bonchev–Trinajstić information content (AvgIpc) is 3.21. The maximum Gasteiger partial charge on any atom is 0.279 e. The van der Waals surface area contributed by atoms with Gasteiger partial charge in [0.1, 0.15) is 11.4 Å². The summed E-state index contributed by atoms with van der Waals surface area (Å²) in [5.74, 6) is 0.409. The van der Waals surface area contributed by atoms with Crippen molar-refractivity contribution >= 4 is 17.2 Å². The van der Waals surface area contributed by atoms with Crippen LogP contribution in [0.2, 0.25) is 0 Å². The molecule has 5 rings (SSSR count). The molecule has 158 valence electrons. The van der Waals surface area contributed by atoms with Crippen LogP contribution in [-0.4, -0.2) is 22.8 Å².